The van der Waals surface area contributed by atoms with Gasteiger partial charge in [-0.2, -0.15) is 0 Å². The van der Waals surface area contributed by atoms with Gasteiger partial charge in [0.15, 0.2) is 5.78 Å². The van der Waals surface area contributed by atoms with Crippen LogP contribution in [-0.2, 0) is 0 Å². The lowest BCUT2D eigenvalue weighted by Gasteiger charge is -2.13. The Labute approximate surface area is 105 Å². The van der Waals surface area contributed by atoms with Crippen LogP contribution in [-0.4, -0.2) is 5.78 Å². The molecule has 0 amide bonds. The van der Waals surface area contributed by atoms with Crippen molar-refractivity contribution in [1.82, 2.24) is 0 Å². The Morgan fingerprint density at radius 3 is 2.47 bits per heavy atom. The summed E-state index contributed by atoms with van der Waals surface area (Å²) in [5.41, 5.74) is 1.85. The Hall–Kier alpha value is -1.37. The van der Waals surface area contributed by atoms with E-state index in [1.165, 1.54) is 12.8 Å². The topological polar surface area (TPSA) is 17.1 Å². The van der Waals surface area contributed by atoms with Crippen molar-refractivity contribution in [3.05, 3.63) is 48.0 Å². The SMILES string of the molecule is C=C(CCCCC)C(C)C(=O)c1ccccc1. The quantitative estimate of drug-likeness (QED) is 0.379. The molecule has 0 saturated heterocycles. The van der Waals surface area contributed by atoms with Crippen LogP contribution < -0.4 is 0 Å². The molecule has 0 fully saturated rings. The molecule has 0 spiro atoms. The predicted molar refractivity (Wildman–Crippen MR) is 73.2 cm³/mol. The van der Waals surface area contributed by atoms with Crippen LogP contribution in [0.1, 0.15) is 49.9 Å². The molecule has 92 valence electrons. The van der Waals surface area contributed by atoms with Crippen LogP contribution >= 0.6 is 0 Å². The number of hydrogen-bond donors (Lipinski definition) is 0. The minimum absolute atomic E-state index is 0.0609. The summed E-state index contributed by atoms with van der Waals surface area (Å²) in [6.07, 6.45) is 4.52. The molecular weight excluding hydrogens is 208 g/mol. The molecule has 1 heteroatoms. The Morgan fingerprint density at radius 1 is 1.24 bits per heavy atom. The molecular formula is C16H22O. The molecule has 0 aliphatic rings. The monoisotopic (exact) mass is 230 g/mol. The lowest BCUT2D eigenvalue weighted by atomic mass is 9.90. The van der Waals surface area contributed by atoms with E-state index in [1.54, 1.807) is 0 Å². The standard InChI is InChI=1S/C16H22O/c1-4-5-7-10-13(2)14(3)16(17)15-11-8-6-9-12-15/h6,8-9,11-12,14H,2,4-5,7,10H2,1,3H3. The third-order valence-electron chi connectivity index (χ3n) is 3.17. The van der Waals surface area contributed by atoms with E-state index in [1.807, 2.05) is 37.3 Å². The Balaban J connectivity index is 2.55. The van der Waals surface area contributed by atoms with E-state index in [2.05, 4.69) is 13.5 Å². The summed E-state index contributed by atoms with van der Waals surface area (Å²) in [6, 6.07) is 9.48. The van der Waals surface area contributed by atoms with E-state index in [-0.39, 0.29) is 11.7 Å². The third kappa shape index (κ3) is 4.18. The number of unbranched alkanes of at least 4 members (excludes halogenated alkanes) is 2. The summed E-state index contributed by atoms with van der Waals surface area (Å²) in [5, 5.41) is 0. The third-order valence-corrected chi connectivity index (χ3v) is 3.17. The highest BCUT2D eigenvalue weighted by Crippen LogP contribution is 2.20. The van der Waals surface area contributed by atoms with Crippen molar-refractivity contribution in [3.63, 3.8) is 0 Å². The number of carbonyl (C=O) groups is 1. The van der Waals surface area contributed by atoms with E-state index in [0.717, 1.165) is 24.0 Å². The molecule has 0 aliphatic carbocycles. The van der Waals surface area contributed by atoms with Gasteiger partial charge in [-0.1, -0.05) is 69.2 Å². The molecule has 0 bridgehead atoms. The zero-order valence-electron chi connectivity index (χ0n) is 10.9. The number of Topliss-reactive ketones (excluding diaryl/α,β-unsaturated/α-hetero) is 1. The first kappa shape index (κ1) is 13.7. The number of ketones is 1. The van der Waals surface area contributed by atoms with Gasteiger partial charge in [0.1, 0.15) is 0 Å². The average Bonchev–Trinajstić information content (AvgIpc) is 2.38. The number of carbonyl (C=O) groups excluding carboxylic acids is 1. The van der Waals surface area contributed by atoms with Gasteiger partial charge < -0.3 is 0 Å². The van der Waals surface area contributed by atoms with Crippen LogP contribution in [0.15, 0.2) is 42.5 Å². The molecule has 1 aromatic rings. The molecule has 0 aliphatic heterocycles. The fraction of sp³-hybridized carbons (Fsp3) is 0.438. The van der Waals surface area contributed by atoms with Gasteiger partial charge in [0, 0.05) is 11.5 Å². The fourth-order valence-electron chi connectivity index (χ4n) is 1.86. The van der Waals surface area contributed by atoms with Crippen LogP contribution in [0.3, 0.4) is 0 Å². The van der Waals surface area contributed by atoms with Crippen molar-refractivity contribution in [2.45, 2.75) is 39.5 Å². The summed E-state index contributed by atoms with van der Waals surface area (Å²) < 4.78 is 0. The highest BCUT2D eigenvalue weighted by atomic mass is 16.1. The van der Waals surface area contributed by atoms with Crippen molar-refractivity contribution in [2.24, 2.45) is 5.92 Å². The van der Waals surface area contributed by atoms with E-state index in [9.17, 15) is 4.79 Å². The smallest absolute Gasteiger partial charge is 0.169 e. The Bertz CT molecular complexity index is 364. The Morgan fingerprint density at radius 2 is 1.88 bits per heavy atom. The van der Waals surface area contributed by atoms with Gasteiger partial charge >= 0.3 is 0 Å². The van der Waals surface area contributed by atoms with Crippen molar-refractivity contribution in [3.8, 4) is 0 Å². The fourth-order valence-corrected chi connectivity index (χ4v) is 1.86. The van der Waals surface area contributed by atoms with Gasteiger partial charge in [-0.3, -0.25) is 4.79 Å². The first-order valence-electron chi connectivity index (χ1n) is 6.43. The van der Waals surface area contributed by atoms with Gasteiger partial charge in [-0.25, -0.2) is 0 Å². The van der Waals surface area contributed by atoms with E-state index in [4.69, 9.17) is 0 Å². The van der Waals surface area contributed by atoms with Crippen LogP contribution in [0.4, 0.5) is 0 Å². The van der Waals surface area contributed by atoms with Gasteiger partial charge in [0.2, 0.25) is 0 Å². The highest BCUT2D eigenvalue weighted by molar-refractivity contribution is 5.99. The highest BCUT2D eigenvalue weighted by Gasteiger charge is 2.17. The summed E-state index contributed by atoms with van der Waals surface area (Å²) in [4.78, 5) is 12.2. The van der Waals surface area contributed by atoms with Crippen molar-refractivity contribution < 1.29 is 4.79 Å². The second kappa shape index (κ2) is 7.05. The van der Waals surface area contributed by atoms with Crippen molar-refractivity contribution in [2.75, 3.05) is 0 Å². The summed E-state index contributed by atoms with van der Waals surface area (Å²) in [5.74, 6) is 0.126. The zero-order valence-corrected chi connectivity index (χ0v) is 10.9. The van der Waals surface area contributed by atoms with Gasteiger partial charge in [-0.15, -0.1) is 0 Å². The van der Waals surface area contributed by atoms with Crippen LogP contribution in [0.2, 0.25) is 0 Å². The summed E-state index contributed by atoms with van der Waals surface area (Å²) >= 11 is 0. The predicted octanol–water partition coefficient (Wildman–Crippen LogP) is 4.64. The first-order valence-corrected chi connectivity index (χ1v) is 6.43. The molecule has 17 heavy (non-hydrogen) atoms. The first-order chi connectivity index (χ1) is 8.16. The molecule has 0 heterocycles. The largest absolute Gasteiger partial charge is 0.294 e. The van der Waals surface area contributed by atoms with E-state index >= 15 is 0 Å². The lowest BCUT2D eigenvalue weighted by molar-refractivity contribution is 0.0946. The number of rotatable bonds is 7. The minimum Gasteiger partial charge on any atom is -0.294 e. The van der Waals surface area contributed by atoms with E-state index < -0.39 is 0 Å². The number of benzene rings is 1. The lowest BCUT2D eigenvalue weighted by Crippen LogP contribution is -2.13. The zero-order chi connectivity index (χ0) is 12.7. The minimum atomic E-state index is -0.0609. The molecule has 1 aromatic carbocycles. The number of hydrogen-bond acceptors (Lipinski definition) is 1. The molecule has 1 nitrogen and oxygen atoms in total. The molecule has 1 atom stereocenters. The van der Waals surface area contributed by atoms with Crippen LogP contribution in [0.25, 0.3) is 0 Å². The summed E-state index contributed by atoms with van der Waals surface area (Å²) in [6.45, 7) is 8.20. The second-order valence-electron chi connectivity index (χ2n) is 4.57. The maximum absolute atomic E-state index is 12.2. The molecule has 1 rings (SSSR count). The Kier molecular flexibility index (Phi) is 5.68. The molecule has 0 saturated carbocycles. The molecule has 1 unspecified atom stereocenters. The molecule has 0 radical (unpaired) electrons. The maximum Gasteiger partial charge on any atom is 0.169 e. The van der Waals surface area contributed by atoms with Crippen molar-refractivity contribution in [1.29, 1.82) is 0 Å². The summed E-state index contributed by atoms with van der Waals surface area (Å²) in [7, 11) is 0. The molecule has 0 aromatic heterocycles. The normalized spacial score (nSPS) is 12.1. The second-order valence-corrected chi connectivity index (χ2v) is 4.57. The van der Waals surface area contributed by atoms with Crippen LogP contribution in [0.5, 0.6) is 0 Å². The molecule has 0 N–H and O–H groups in total. The van der Waals surface area contributed by atoms with Crippen molar-refractivity contribution >= 4 is 5.78 Å². The van der Waals surface area contributed by atoms with Gasteiger partial charge in [0.05, 0.1) is 0 Å². The average molecular weight is 230 g/mol. The maximum atomic E-state index is 12.2. The van der Waals surface area contributed by atoms with Crippen LogP contribution in [0, 0.1) is 5.92 Å². The van der Waals surface area contributed by atoms with E-state index in [0.29, 0.717) is 0 Å². The van der Waals surface area contributed by atoms with Gasteiger partial charge in [-0.05, 0) is 12.8 Å². The number of allylic oxidation sites excluding steroid dienone is 1. The van der Waals surface area contributed by atoms with Gasteiger partial charge in [0.25, 0.3) is 0 Å².